The summed E-state index contributed by atoms with van der Waals surface area (Å²) >= 11 is 1.66. The van der Waals surface area contributed by atoms with Crippen LogP contribution in [0.5, 0.6) is 0 Å². The van der Waals surface area contributed by atoms with E-state index in [9.17, 15) is 9.59 Å². The van der Waals surface area contributed by atoms with Crippen molar-refractivity contribution in [2.24, 2.45) is 0 Å². The molecule has 1 amide bonds. The third-order valence-electron chi connectivity index (χ3n) is 4.28. The predicted molar refractivity (Wildman–Crippen MR) is 101 cm³/mol. The number of nitrogens with one attached hydrogen (secondary N) is 1. The monoisotopic (exact) mass is 355 g/mol. The molecule has 6 heteroatoms. The first-order valence-corrected chi connectivity index (χ1v) is 9.19. The molecule has 2 heterocycles. The number of thiazole rings is 1. The Kier molecular flexibility index (Phi) is 5.28. The quantitative estimate of drug-likeness (QED) is 0.692. The second-order valence-corrected chi connectivity index (χ2v) is 7.01. The molecule has 1 N–H and O–H groups in total. The van der Waals surface area contributed by atoms with Crippen LogP contribution < -0.4 is 10.7 Å². The van der Waals surface area contributed by atoms with Gasteiger partial charge in [0.1, 0.15) is 6.54 Å². The van der Waals surface area contributed by atoms with Crippen molar-refractivity contribution in [3.8, 4) is 0 Å². The Hall–Kier alpha value is -2.47. The van der Waals surface area contributed by atoms with E-state index in [1.165, 1.54) is 4.88 Å². The highest BCUT2D eigenvalue weighted by atomic mass is 32.1. The maximum absolute atomic E-state index is 12.3. The number of pyridine rings is 1. The van der Waals surface area contributed by atoms with Crippen molar-refractivity contribution in [1.29, 1.82) is 0 Å². The Balaban J connectivity index is 1.62. The van der Waals surface area contributed by atoms with Crippen molar-refractivity contribution in [3.05, 3.63) is 62.3 Å². The molecule has 0 atom stereocenters. The zero-order valence-corrected chi connectivity index (χ0v) is 15.2. The lowest BCUT2D eigenvalue weighted by molar-refractivity contribution is -0.121. The molecule has 0 bridgehead atoms. The second kappa shape index (κ2) is 7.61. The summed E-state index contributed by atoms with van der Waals surface area (Å²) in [6, 6.07) is 8.98. The fourth-order valence-electron chi connectivity index (χ4n) is 2.91. The van der Waals surface area contributed by atoms with Gasteiger partial charge in [-0.1, -0.05) is 12.1 Å². The van der Waals surface area contributed by atoms with Crippen LogP contribution in [0.1, 0.15) is 22.7 Å². The average molecular weight is 355 g/mol. The summed E-state index contributed by atoms with van der Waals surface area (Å²) in [4.78, 5) is 29.9. The number of fused-ring (bicyclic) bond motifs is 1. The van der Waals surface area contributed by atoms with E-state index in [1.807, 2.05) is 42.1 Å². The van der Waals surface area contributed by atoms with Gasteiger partial charge in [0, 0.05) is 28.6 Å². The number of hydrogen-bond acceptors (Lipinski definition) is 4. The summed E-state index contributed by atoms with van der Waals surface area (Å²) in [5.74, 6) is -0.0436. The largest absolute Gasteiger partial charge is 0.355 e. The molecular weight excluding hydrogens is 334 g/mol. The van der Waals surface area contributed by atoms with Gasteiger partial charge in [-0.25, -0.2) is 4.98 Å². The zero-order chi connectivity index (χ0) is 17.8. The maximum Gasteiger partial charge on any atom is 0.239 e. The van der Waals surface area contributed by atoms with E-state index in [2.05, 4.69) is 10.3 Å². The van der Waals surface area contributed by atoms with Gasteiger partial charge in [-0.05, 0) is 38.8 Å². The van der Waals surface area contributed by atoms with E-state index >= 15 is 0 Å². The van der Waals surface area contributed by atoms with E-state index in [4.69, 9.17) is 0 Å². The van der Waals surface area contributed by atoms with Gasteiger partial charge >= 0.3 is 0 Å². The van der Waals surface area contributed by atoms with E-state index in [1.54, 1.807) is 23.5 Å². The smallest absolute Gasteiger partial charge is 0.239 e. The summed E-state index contributed by atoms with van der Waals surface area (Å²) in [7, 11) is 0. The summed E-state index contributed by atoms with van der Waals surface area (Å²) < 4.78 is 1.89. The van der Waals surface area contributed by atoms with Crippen LogP contribution in [0.2, 0.25) is 0 Å². The highest BCUT2D eigenvalue weighted by Gasteiger charge is 2.09. The van der Waals surface area contributed by atoms with E-state index in [-0.39, 0.29) is 17.9 Å². The fraction of sp³-hybridized carbons (Fsp3) is 0.316. The van der Waals surface area contributed by atoms with Gasteiger partial charge in [0.25, 0.3) is 0 Å². The number of aryl methyl sites for hydroxylation is 3. The molecule has 0 unspecified atom stereocenters. The molecule has 0 radical (unpaired) electrons. The summed E-state index contributed by atoms with van der Waals surface area (Å²) in [5, 5.41) is 3.61. The highest BCUT2D eigenvalue weighted by Crippen LogP contribution is 2.14. The highest BCUT2D eigenvalue weighted by molar-refractivity contribution is 7.09. The van der Waals surface area contributed by atoms with Crippen LogP contribution in [0, 0.1) is 13.8 Å². The Morgan fingerprint density at radius 1 is 1.28 bits per heavy atom. The molecule has 1 aromatic carbocycles. The summed E-state index contributed by atoms with van der Waals surface area (Å²) in [6.45, 7) is 4.71. The minimum Gasteiger partial charge on any atom is -0.355 e. The molecule has 0 saturated carbocycles. The number of benzene rings is 1. The van der Waals surface area contributed by atoms with Crippen molar-refractivity contribution in [2.45, 2.75) is 33.2 Å². The van der Waals surface area contributed by atoms with Gasteiger partial charge < -0.3 is 9.88 Å². The lowest BCUT2D eigenvalue weighted by Gasteiger charge is -2.14. The molecule has 0 fully saturated rings. The third kappa shape index (κ3) is 3.96. The molecule has 0 aliphatic heterocycles. The van der Waals surface area contributed by atoms with Crippen molar-refractivity contribution in [1.82, 2.24) is 14.9 Å². The SMILES string of the molecule is Cc1ncsc1CCCNC(=O)Cn1c(C)cc(=O)c2ccccc21. The van der Waals surface area contributed by atoms with Crippen molar-refractivity contribution in [2.75, 3.05) is 6.54 Å². The molecule has 0 aliphatic rings. The standard InChI is InChI=1S/C19H21N3O2S/c1-13-10-17(23)15-6-3-4-7-16(15)22(13)11-19(24)20-9-5-8-18-14(2)21-12-25-18/h3-4,6-7,10,12H,5,8-9,11H2,1-2H3,(H,20,24). The molecule has 130 valence electrons. The first-order valence-electron chi connectivity index (χ1n) is 8.31. The van der Waals surface area contributed by atoms with Crippen LogP contribution in [0.4, 0.5) is 0 Å². The van der Waals surface area contributed by atoms with E-state index < -0.39 is 0 Å². The second-order valence-electron chi connectivity index (χ2n) is 6.07. The number of hydrogen-bond donors (Lipinski definition) is 1. The van der Waals surface area contributed by atoms with Crippen molar-refractivity contribution < 1.29 is 4.79 Å². The van der Waals surface area contributed by atoms with E-state index in [0.717, 1.165) is 29.7 Å². The molecule has 0 saturated heterocycles. The van der Waals surface area contributed by atoms with Gasteiger partial charge in [-0.2, -0.15) is 0 Å². The number of para-hydroxylation sites is 1. The third-order valence-corrected chi connectivity index (χ3v) is 5.27. The van der Waals surface area contributed by atoms with Crippen molar-refractivity contribution in [3.63, 3.8) is 0 Å². The lowest BCUT2D eigenvalue weighted by Crippen LogP contribution is -2.30. The van der Waals surface area contributed by atoms with Crippen LogP contribution in [0.15, 0.2) is 40.6 Å². The number of carbonyl (C=O) groups excluding carboxylic acids is 1. The molecule has 3 aromatic rings. The Bertz CT molecular complexity index is 959. The Morgan fingerprint density at radius 3 is 2.84 bits per heavy atom. The molecule has 0 spiro atoms. The van der Waals surface area contributed by atoms with Gasteiger partial charge in [-0.15, -0.1) is 11.3 Å². The number of rotatable bonds is 6. The van der Waals surface area contributed by atoms with Gasteiger partial charge in [0.2, 0.25) is 5.91 Å². The van der Waals surface area contributed by atoms with Crippen LogP contribution in [-0.2, 0) is 17.8 Å². The fourth-order valence-corrected chi connectivity index (χ4v) is 3.73. The first kappa shape index (κ1) is 17.4. The first-order chi connectivity index (χ1) is 12.1. The molecule has 0 aliphatic carbocycles. The van der Waals surface area contributed by atoms with Crippen LogP contribution in [0.25, 0.3) is 10.9 Å². The number of carbonyl (C=O) groups is 1. The summed E-state index contributed by atoms with van der Waals surface area (Å²) in [5.41, 5.74) is 4.51. The molecular formula is C19H21N3O2S. The Labute approximate surface area is 150 Å². The number of nitrogens with zero attached hydrogens (tertiary/aromatic N) is 2. The molecule has 25 heavy (non-hydrogen) atoms. The number of aromatic nitrogens is 2. The summed E-state index contributed by atoms with van der Waals surface area (Å²) in [6.07, 6.45) is 1.81. The Morgan fingerprint density at radius 2 is 2.08 bits per heavy atom. The van der Waals surface area contributed by atoms with Crippen LogP contribution in [0.3, 0.4) is 0 Å². The normalized spacial score (nSPS) is 11.0. The lowest BCUT2D eigenvalue weighted by atomic mass is 10.2. The van der Waals surface area contributed by atoms with Crippen LogP contribution in [-0.4, -0.2) is 22.0 Å². The number of amides is 1. The zero-order valence-electron chi connectivity index (χ0n) is 14.4. The van der Waals surface area contributed by atoms with Gasteiger partial charge in [0.05, 0.1) is 16.7 Å². The van der Waals surface area contributed by atoms with Gasteiger partial charge in [0.15, 0.2) is 5.43 Å². The topological polar surface area (TPSA) is 64.0 Å². The van der Waals surface area contributed by atoms with Crippen LogP contribution >= 0.6 is 11.3 Å². The minimum absolute atomic E-state index is 0.00955. The molecule has 5 nitrogen and oxygen atoms in total. The van der Waals surface area contributed by atoms with Crippen molar-refractivity contribution >= 4 is 28.1 Å². The average Bonchev–Trinajstić information content (AvgIpc) is 3.00. The van der Waals surface area contributed by atoms with E-state index in [0.29, 0.717) is 11.9 Å². The maximum atomic E-state index is 12.3. The van der Waals surface area contributed by atoms with Gasteiger partial charge in [-0.3, -0.25) is 9.59 Å². The molecule has 3 rings (SSSR count). The minimum atomic E-state index is -0.0436. The predicted octanol–water partition coefficient (Wildman–Crippen LogP) is 2.82. The molecule has 2 aromatic heterocycles.